The summed E-state index contributed by atoms with van der Waals surface area (Å²) in [4.78, 5) is 11.0. The van der Waals surface area contributed by atoms with Crippen LogP contribution in [0.25, 0.3) is 0 Å². The molecule has 0 bridgehead atoms. The van der Waals surface area contributed by atoms with Crippen molar-refractivity contribution in [2.24, 2.45) is 11.7 Å². The highest BCUT2D eigenvalue weighted by molar-refractivity contribution is 5.92. The van der Waals surface area contributed by atoms with Gasteiger partial charge < -0.3 is 15.8 Å². The number of nitrogens with two attached hydrogens (primary N) is 1. The van der Waals surface area contributed by atoms with Crippen LogP contribution in [-0.4, -0.2) is 25.7 Å². The van der Waals surface area contributed by atoms with E-state index in [0.717, 1.165) is 13.0 Å². The van der Waals surface area contributed by atoms with Gasteiger partial charge in [0.15, 0.2) is 0 Å². The van der Waals surface area contributed by atoms with Crippen molar-refractivity contribution in [2.75, 3.05) is 19.8 Å². The first-order valence-corrected chi connectivity index (χ1v) is 6.87. The molecule has 1 rings (SSSR count). The van der Waals surface area contributed by atoms with Crippen LogP contribution in [0.4, 0.5) is 4.39 Å². The highest BCUT2D eigenvalue weighted by Crippen LogP contribution is 2.10. The topological polar surface area (TPSA) is 64.3 Å². The summed E-state index contributed by atoms with van der Waals surface area (Å²) in [6.07, 6.45) is 1.04. The molecule has 3 N–H and O–H groups in total. The third-order valence-corrected chi connectivity index (χ3v) is 2.91. The molecular weight excluding hydrogens is 259 g/mol. The molecule has 0 aliphatic rings. The fourth-order valence-electron chi connectivity index (χ4n) is 1.65. The highest BCUT2D eigenvalue weighted by atomic mass is 19.1. The summed E-state index contributed by atoms with van der Waals surface area (Å²) in [7, 11) is 0. The zero-order chi connectivity index (χ0) is 15.0. The molecule has 0 aromatic heterocycles. The van der Waals surface area contributed by atoms with Gasteiger partial charge in [0.25, 0.3) is 0 Å². The number of ether oxygens (including phenoxy) is 1. The quantitative estimate of drug-likeness (QED) is 0.682. The Hall–Kier alpha value is -1.46. The summed E-state index contributed by atoms with van der Waals surface area (Å²) in [6.45, 7) is 6.61. The zero-order valence-electron chi connectivity index (χ0n) is 12.1. The average Bonchev–Trinajstić information content (AvgIpc) is 2.38. The van der Waals surface area contributed by atoms with Crippen LogP contribution < -0.4 is 11.1 Å². The van der Waals surface area contributed by atoms with Crippen molar-refractivity contribution in [2.45, 2.75) is 26.8 Å². The number of carbonyl (C=O) groups is 1. The number of hydrogen-bond donors (Lipinski definition) is 2. The minimum atomic E-state index is -0.553. The Bertz CT molecular complexity index is 436. The van der Waals surface area contributed by atoms with Gasteiger partial charge in [0.2, 0.25) is 5.91 Å². The molecule has 1 amide bonds. The third-order valence-electron chi connectivity index (χ3n) is 2.91. The summed E-state index contributed by atoms with van der Waals surface area (Å²) < 4.78 is 19.0. The van der Waals surface area contributed by atoms with Crippen molar-refractivity contribution in [3.05, 3.63) is 35.1 Å². The van der Waals surface area contributed by atoms with E-state index in [-0.39, 0.29) is 5.82 Å². The van der Waals surface area contributed by atoms with Crippen LogP contribution in [0.15, 0.2) is 18.2 Å². The van der Waals surface area contributed by atoms with Crippen LogP contribution >= 0.6 is 0 Å². The van der Waals surface area contributed by atoms with Crippen molar-refractivity contribution in [3.63, 3.8) is 0 Å². The highest BCUT2D eigenvalue weighted by Gasteiger charge is 2.06. The summed E-state index contributed by atoms with van der Waals surface area (Å²) in [5.41, 5.74) is 5.91. The number of hydrogen-bond acceptors (Lipinski definition) is 3. The second-order valence-electron chi connectivity index (χ2n) is 5.14. The average molecular weight is 282 g/mol. The molecule has 0 radical (unpaired) electrons. The number of benzene rings is 1. The van der Waals surface area contributed by atoms with Gasteiger partial charge in [-0.3, -0.25) is 4.79 Å². The van der Waals surface area contributed by atoms with E-state index in [2.05, 4.69) is 19.2 Å². The fourth-order valence-corrected chi connectivity index (χ4v) is 1.65. The van der Waals surface area contributed by atoms with Crippen LogP contribution in [0, 0.1) is 11.7 Å². The van der Waals surface area contributed by atoms with Gasteiger partial charge in [-0.25, -0.2) is 4.39 Å². The smallest absolute Gasteiger partial charge is 0.248 e. The summed E-state index contributed by atoms with van der Waals surface area (Å²) in [5.74, 6) is -0.264. The van der Waals surface area contributed by atoms with Crippen molar-refractivity contribution in [3.8, 4) is 0 Å². The number of rotatable bonds is 9. The Kier molecular flexibility index (Phi) is 7.18. The van der Waals surface area contributed by atoms with Crippen LogP contribution in [0.1, 0.15) is 36.2 Å². The lowest BCUT2D eigenvalue weighted by atomic mass is 10.1. The predicted octanol–water partition coefficient (Wildman–Crippen LogP) is 2.08. The molecule has 0 heterocycles. The van der Waals surface area contributed by atoms with Gasteiger partial charge in [-0.2, -0.15) is 0 Å². The Labute approximate surface area is 119 Å². The lowest BCUT2D eigenvalue weighted by molar-refractivity contribution is 0.1000. The van der Waals surface area contributed by atoms with Crippen LogP contribution in [-0.2, 0) is 11.3 Å². The first-order valence-electron chi connectivity index (χ1n) is 6.87. The van der Waals surface area contributed by atoms with Gasteiger partial charge in [0.05, 0.1) is 6.61 Å². The largest absolute Gasteiger partial charge is 0.380 e. The van der Waals surface area contributed by atoms with Gasteiger partial charge in [-0.1, -0.05) is 13.8 Å². The van der Waals surface area contributed by atoms with Crippen molar-refractivity contribution in [1.29, 1.82) is 0 Å². The Balaban J connectivity index is 2.28. The van der Waals surface area contributed by atoms with Gasteiger partial charge in [-0.05, 0) is 30.5 Å². The maximum atomic E-state index is 13.5. The van der Waals surface area contributed by atoms with Crippen LogP contribution in [0.3, 0.4) is 0 Å². The number of carbonyl (C=O) groups excluding carboxylic acids is 1. The molecule has 112 valence electrons. The van der Waals surface area contributed by atoms with Gasteiger partial charge in [-0.15, -0.1) is 0 Å². The minimum Gasteiger partial charge on any atom is -0.380 e. The van der Waals surface area contributed by atoms with E-state index in [4.69, 9.17) is 10.5 Å². The second kappa shape index (κ2) is 8.66. The molecule has 0 fully saturated rings. The Morgan fingerprint density at radius 1 is 1.40 bits per heavy atom. The molecule has 1 aromatic rings. The van der Waals surface area contributed by atoms with E-state index in [1.165, 1.54) is 18.2 Å². The lowest BCUT2D eigenvalue weighted by Crippen LogP contribution is -2.21. The maximum absolute atomic E-state index is 13.5. The van der Waals surface area contributed by atoms with E-state index < -0.39 is 5.91 Å². The van der Waals surface area contributed by atoms with Crippen LogP contribution in [0.5, 0.6) is 0 Å². The molecule has 5 heteroatoms. The Morgan fingerprint density at radius 3 is 2.80 bits per heavy atom. The molecular formula is C15H23FN2O2. The molecule has 20 heavy (non-hydrogen) atoms. The molecule has 0 unspecified atom stereocenters. The maximum Gasteiger partial charge on any atom is 0.248 e. The molecule has 0 atom stereocenters. The van der Waals surface area contributed by atoms with E-state index in [9.17, 15) is 9.18 Å². The zero-order valence-corrected chi connectivity index (χ0v) is 12.1. The van der Waals surface area contributed by atoms with Crippen molar-refractivity contribution >= 4 is 5.91 Å². The Morgan fingerprint density at radius 2 is 2.15 bits per heavy atom. The number of nitrogens with one attached hydrogen (secondary N) is 1. The summed E-state index contributed by atoms with van der Waals surface area (Å²) in [5, 5.41) is 3.08. The van der Waals surface area contributed by atoms with Gasteiger partial charge in [0, 0.05) is 30.8 Å². The lowest BCUT2D eigenvalue weighted by Gasteiger charge is -2.09. The van der Waals surface area contributed by atoms with E-state index in [1.807, 2.05) is 0 Å². The normalized spacial score (nSPS) is 11.0. The van der Waals surface area contributed by atoms with Crippen molar-refractivity contribution in [1.82, 2.24) is 5.32 Å². The summed E-state index contributed by atoms with van der Waals surface area (Å²) >= 11 is 0. The number of halogens is 1. The molecule has 0 saturated heterocycles. The molecule has 0 aliphatic heterocycles. The first kappa shape index (κ1) is 16.6. The monoisotopic (exact) mass is 282 g/mol. The third kappa shape index (κ3) is 6.12. The van der Waals surface area contributed by atoms with Gasteiger partial charge in [0.1, 0.15) is 5.82 Å². The molecule has 0 saturated carbocycles. The molecule has 0 spiro atoms. The van der Waals surface area contributed by atoms with E-state index >= 15 is 0 Å². The second-order valence-corrected chi connectivity index (χ2v) is 5.14. The van der Waals surface area contributed by atoms with E-state index in [1.54, 1.807) is 0 Å². The fraction of sp³-hybridized carbons (Fsp3) is 0.533. The summed E-state index contributed by atoms with van der Waals surface area (Å²) in [6, 6.07) is 4.12. The first-order chi connectivity index (χ1) is 9.50. The standard InChI is InChI=1S/C15H23FN2O2/c1-11(2)5-7-20-8-6-18-10-13-9-12(15(17)19)3-4-14(13)16/h3-4,9,11,18H,5-8,10H2,1-2H3,(H2,17,19). The molecule has 0 aliphatic carbocycles. The number of primary amides is 1. The predicted molar refractivity (Wildman–Crippen MR) is 76.9 cm³/mol. The molecule has 4 nitrogen and oxygen atoms in total. The minimum absolute atomic E-state index is 0.316. The van der Waals surface area contributed by atoms with Crippen LogP contribution in [0.2, 0.25) is 0 Å². The van der Waals surface area contributed by atoms with Gasteiger partial charge >= 0.3 is 0 Å². The SMILES string of the molecule is CC(C)CCOCCNCc1cc(C(N)=O)ccc1F. The van der Waals surface area contributed by atoms with Crippen molar-refractivity contribution < 1.29 is 13.9 Å². The molecule has 1 aromatic carbocycles. The van der Waals surface area contributed by atoms with E-state index in [0.29, 0.717) is 36.7 Å². The number of amides is 1.